The molecule has 16 heteroatoms. The van der Waals surface area contributed by atoms with Crippen molar-refractivity contribution in [1.29, 1.82) is 0 Å². The van der Waals surface area contributed by atoms with Gasteiger partial charge in [-0.3, -0.25) is 9.69 Å². The van der Waals surface area contributed by atoms with Gasteiger partial charge in [0.05, 0.1) is 11.0 Å². The molecule has 43 heavy (non-hydrogen) atoms. The van der Waals surface area contributed by atoms with E-state index in [1.807, 2.05) is 4.90 Å². The summed E-state index contributed by atoms with van der Waals surface area (Å²) in [7, 11) is 0. The molecule has 0 aliphatic carbocycles. The Hall–Kier alpha value is -2.91. The second-order valence-electron chi connectivity index (χ2n) is 12.1. The Bertz CT molecular complexity index is 1180. The van der Waals surface area contributed by atoms with Crippen molar-refractivity contribution in [2.24, 2.45) is 10.8 Å². The van der Waals surface area contributed by atoms with Gasteiger partial charge in [-0.05, 0) is 74.8 Å². The zero-order valence-electron chi connectivity index (χ0n) is 23.2. The van der Waals surface area contributed by atoms with Gasteiger partial charge in [0.15, 0.2) is 0 Å². The fourth-order valence-electron chi connectivity index (χ4n) is 6.23. The number of carboxylic acids is 1. The largest absolute Gasteiger partial charge is 0.481 e. The number of rotatable bonds is 5. The highest BCUT2D eigenvalue weighted by atomic mass is 19.4. The van der Waals surface area contributed by atoms with Crippen LogP contribution in [-0.4, -0.2) is 84.7 Å². The number of halogens is 9. The van der Waals surface area contributed by atoms with E-state index in [1.165, 1.54) is 0 Å². The highest BCUT2D eigenvalue weighted by Crippen LogP contribution is 2.43. The van der Waals surface area contributed by atoms with Crippen molar-refractivity contribution in [3.63, 3.8) is 0 Å². The monoisotopic (exact) mass is 633 g/mol. The highest BCUT2D eigenvalue weighted by molar-refractivity contribution is 5.75. The second kappa shape index (κ2) is 11.5. The fraction of sp³-hybridized carbons (Fsp3) is 0.704. The van der Waals surface area contributed by atoms with Crippen molar-refractivity contribution >= 4 is 17.7 Å². The molecule has 1 aromatic carbocycles. The number of anilines is 1. The third-order valence-electron chi connectivity index (χ3n) is 8.70. The first-order valence-electron chi connectivity index (χ1n) is 13.7. The average molecular weight is 634 g/mol. The summed E-state index contributed by atoms with van der Waals surface area (Å²) in [6.07, 6.45) is -20.2. The highest BCUT2D eigenvalue weighted by Gasteiger charge is 2.60. The number of carboxylic acid groups (broad SMARTS) is 1. The fourth-order valence-corrected chi connectivity index (χ4v) is 6.23. The number of hydrogen-bond donors (Lipinski definition) is 1. The van der Waals surface area contributed by atoms with Crippen LogP contribution in [-0.2, 0) is 22.3 Å². The van der Waals surface area contributed by atoms with Crippen LogP contribution < -0.4 is 4.90 Å². The number of amides is 1. The number of nitrogens with zero attached hydrogens (tertiary/aromatic N) is 3. The lowest BCUT2D eigenvalue weighted by molar-refractivity contribution is -0.308. The molecule has 4 rings (SSSR count). The van der Waals surface area contributed by atoms with Gasteiger partial charge in [0, 0.05) is 45.0 Å². The molecule has 0 bridgehead atoms. The maximum absolute atomic E-state index is 13.8. The Labute approximate surface area is 241 Å². The van der Waals surface area contributed by atoms with E-state index in [0.717, 1.165) is 17.0 Å². The number of aliphatic carboxylic acids is 1. The van der Waals surface area contributed by atoms with Crippen LogP contribution in [0.3, 0.4) is 0 Å². The predicted molar refractivity (Wildman–Crippen MR) is 134 cm³/mol. The lowest BCUT2D eigenvalue weighted by Crippen LogP contribution is -2.50. The normalized spacial score (nSPS) is 23.7. The molecule has 7 nitrogen and oxygen atoms in total. The number of piperidine rings is 2. The lowest BCUT2D eigenvalue weighted by atomic mass is 9.78. The van der Waals surface area contributed by atoms with Crippen LogP contribution in [0.2, 0.25) is 0 Å². The number of likely N-dealkylation sites (tertiary alicyclic amines) is 2. The summed E-state index contributed by atoms with van der Waals surface area (Å²) in [5, 5.41) is 9.63. The van der Waals surface area contributed by atoms with E-state index in [-0.39, 0.29) is 44.7 Å². The summed E-state index contributed by atoms with van der Waals surface area (Å²) in [6, 6.07) is 3.68. The first-order valence-corrected chi connectivity index (χ1v) is 13.7. The topological polar surface area (TPSA) is 73.3 Å². The van der Waals surface area contributed by atoms with Crippen LogP contribution >= 0.6 is 0 Å². The van der Waals surface area contributed by atoms with Gasteiger partial charge in [0.2, 0.25) is 0 Å². The Balaban J connectivity index is 1.41. The molecule has 3 heterocycles. The molecular weight excluding hydrogens is 601 g/mol. The van der Waals surface area contributed by atoms with Crippen molar-refractivity contribution < 1.29 is 58.9 Å². The van der Waals surface area contributed by atoms with Crippen molar-refractivity contribution in [3.8, 4) is 0 Å². The van der Waals surface area contributed by atoms with Crippen LogP contribution in [0, 0.1) is 10.8 Å². The number of hydrogen-bond acceptors (Lipinski definition) is 5. The minimum Gasteiger partial charge on any atom is -0.481 e. The van der Waals surface area contributed by atoms with E-state index >= 15 is 0 Å². The van der Waals surface area contributed by atoms with Gasteiger partial charge in [-0.25, -0.2) is 4.79 Å². The van der Waals surface area contributed by atoms with Crippen molar-refractivity contribution in [1.82, 2.24) is 9.80 Å². The van der Waals surface area contributed by atoms with E-state index in [2.05, 4.69) is 4.74 Å². The molecule has 1 amide bonds. The van der Waals surface area contributed by atoms with Gasteiger partial charge in [-0.15, -0.1) is 0 Å². The number of carbonyl (C=O) groups is 2. The van der Waals surface area contributed by atoms with E-state index in [1.54, 1.807) is 17.9 Å². The Morgan fingerprint density at radius 1 is 0.884 bits per heavy atom. The van der Waals surface area contributed by atoms with Gasteiger partial charge >= 0.3 is 30.6 Å². The summed E-state index contributed by atoms with van der Waals surface area (Å²) >= 11 is 0. The molecule has 0 radical (unpaired) electrons. The zero-order valence-corrected chi connectivity index (χ0v) is 23.2. The third kappa shape index (κ3) is 7.60. The molecule has 3 saturated heterocycles. The quantitative estimate of drug-likeness (QED) is 0.383. The van der Waals surface area contributed by atoms with Crippen LogP contribution in [0.25, 0.3) is 0 Å². The number of benzene rings is 1. The van der Waals surface area contributed by atoms with Crippen LogP contribution in [0.15, 0.2) is 18.2 Å². The Morgan fingerprint density at radius 3 is 2.05 bits per heavy atom. The van der Waals surface area contributed by atoms with Gasteiger partial charge < -0.3 is 19.6 Å². The van der Waals surface area contributed by atoms with Crippen molar-refractivity contribution in [2.45, 2.75) is 70.2 Å². The second-order valence-corrected chi connectivity index (χ2v) is 12.1. The van der Waals surface area contributed by atoms with Gasteiger partial charge in [-0.2, -0.15) is 39.5 Å². The minimum atomic E-state index is -5.82. The predicted octanol–water partition coefficient (Wildman–Crippen LogP) is 6.31. The van der Waals surface area contributed by atoms with E-state index in [9.17, 15) is 54.2 Å². The van der Waals surface area contributed by atoms with E-state index in [0.29, 0.717) is 44.5 Å². The van der Waals surface area contributed by atoms with E-state index in [4.69, 9.17) is 0 Å². The van der Waals surface area contributed by atoms with Crippen LogP contribution in [0.1, 0.15) is 50.2 Å². The summed E-state index contributed by atoms with van der Waals surface area (Å²) in [6.45, 7) is 2.82. The third-order valence-corrected chi connectivity index (χ3v) is 8.70. The molecule has 3 fully saturated rings. The number of carbonyl (C=O) groups excluding carboxylic acids is 1. The maximum atomic E-state index is 13.8. The molecule has 1 atom stereocenters. The minimum absolute atomic E-state index is 0.0571. The summed E-state index contributed by atoms with van der Waals surface area (Å²) < 4.78 is 122. The van der Waals surface area contributed by atoms with Crippen molar-refractivity contribution in [2.75, 3.05) is 44.2 Å². The molecule has 1 N–H and O–H groups in total. The van der Waals surface area contributed by atoms with E-state index < -0.39 is 53.1 Å². The Kier molecular flexibility index (Phi) is 8.86. The smallest absolute Gasteiger partial charge is 0.434 e. The molecule has 0 aromatic heterocycles. The van der Waals surface area contributed by atoms with Gasteiger partial charge in [-0.1, -0.05) is 0 Å². The molecule has 1 unspecified atom stereocenters. The average Bonchev–Trinajstić information content (AvgIpc) is 3.27. The number of ether oxygens (including phenoxy) is 1. The molecule has 1 aromatic rings. The van der Waals surface area contributed by atoms with Crippen LogP contribution in [0.4, 0.5) is 50.0 Å². The maximum Gasteiger partial charge on any atom is 0.434 e. The van der Waals surface area contributed by atoms with Gasteiger partial charge in [0.1, 0.15) is 0 Å². The molecule has 0 saturated carbocycles. The first-order chi connectivity index (χ1) is 19.7. The molecule has 3 aliphatic rings. The summed E-state index contributed by atoms with van der Waals surface area (Å²) in [5.41, 5.74) is -1.73. The van der Waals surface area contributed by atoms with Gasteiger partial charge in [0.25, 0.3) is 6.10 Å². The lowest BCUT2D eigenvalue weighted by Gasteiger charge is -2.39. The zero-order chi connectivity index (χ0) is 32.0. The first kappa shape index (κ1) is 33.0. The molecular formula is C27H32F9N3O4. The van der Waals surface area contributed by atoms with Crippen LogP contribution in [0.5, 0.6) is 0 Å². The summed E-state index contributed by atoms with van der Waals surface area (Å²) in [4.78, 5) is 28.3. The molecule has 1 spiro atoms. The summed E-state index contributed by atoms with van der Waals surface area (Å²) in [5.74, 6) is -1.02. The Morgan fingerprint density at radius 2 is 1.49 bits per heavy atom. The molecule has 242 valence electrons. The number of alkyl halides is 9. The molecule has 3 aliphatic heterocycles. The van der Waals surface area contributed by atoms with Crippen molar-refractivity contribution in [3.05, 3.63) is 29.3 Å². The standard InChI is InChI=1S/C27H32F9N3O4/c1-23(21(40)41)3-2-7-39(15-23)19-12-17(11-18(13-19)25(28,29)30)14-37-8-4-24(16-37)5-9-38(10-6-24)22(42)43-20(26(31,32)33)27(34,35)36/h11-13,20H,2-10,14-16H2,1H3,(H,40,41). The SMILES string of the molecule is CC1(C(=O)O)CCCN(c2cc(CN3CCC4(CCN(C(=O)OC(C(F)(F)F)C(F)(F)F)CC4)C3)cc(C(F)(F)F)c2)C1.